The van der Waals surface area contributed by atoms with Crippen LogP contribution in [0.3, 0.4) is 0 Å². The van der Waals surface area contributed by atoms with Gasteiger partial charge < -0.3 is 0 Å². The minimum Gasteiger partial charge on any atom is -0.166 e. The molecule has 1 saturated carbocycles. The van der Waals surface area contributed by atoms with Crippen LogP contribution < -0.4 is 0 Å². The van der Waals surface area contributed by atoms with Crippen molar-refractivity contribution >= 4 is 15.9 Å². The molecule has 1 fully saturated rings. The maximum absolute atomic E-state index is 12.4. The van der Waals surface area contributed by atoms with Gasteiger partial charge in [0.2, 0.25) is 0 Å². The predicted molar refractivity (Wildman–Crippen MR) is 55.6 cm³/mol. The number of hydrogen-bond donors (Lipinski definition) is 0. The topological polar surface area (TPSA) is 0 Å². The highest BCUT2D eigenvalue weighted by molar-refractivity contribution is 9.10. The first kappa shape index (κ1) is 11.0. The van der Waals surface area contributed by atoms with Crippen LogP contribution in [0.1, 0.15) is 24.0 Å². The van der Waals surface area contributed by atoms with Crippen LogP contribution in [-0.2, 0) is 12.6 Å². The number of rotatable bonds is 2. The molecule has 0 nitrogen and oxygen atoms in total. The molecule has 1 aliphatic carbocycles. The average molecular weight is 279 g/mol. The number of alkyl halides is 3. The summed E-state index contributed by atoms with van der Waals surface area (Å²) in [5.74, 6) is 0.689. The third-order valence-corrected chi connectivity index (χ3v) is 3.22. The fraction of sp³-hybridized carbons (Fsp3) is 0.455. The van der Waals surface area contributed by atoms with Crippen LogP contribution in [0.25, 0.3) is 0 Å². The van der Waals surface area contributed by atoms with Gasteiger partial charge in [0.1, 0.15) is 0 Å². The summed E-state index contributed by atoms with van der Waals surface area (Å²) in [7, 11) is 0. The largest absolute Gasteiger partial charge is 0.417 e. The fourth-order valence-corrected chi connectivity index (χ4v) is 2.22. The van der Waals surface area contributed by atoms with E-state index in [4.69, 9.17) is 0 Å². The van der Waals surface area contributed by atoms with E-state index in [1.807, 2.05) is 0 Å². The Balaban J connectivity index is 2.21. The van der Waals surface area contributed by atoms with Gasteiger partial charge in [-0.3, -0.25) is 0 Å². The van der Waals surface area contributed by atoms with Gasteiger partial charge in [-0.15, -0.1) is 0 Å². The molecule has 1 aliphatic rings. The standard InChI is InChI=1S/C11H10BrF3/c12-10-6-8(5-7-1-2-7)3-4-9(10)11(13,14)15/h3-4,6-7H,1-2,5H2. The van der Waals surface area contributed by atoms with Crippen LogP contribution in [0.5, 0.6) is 0 Å². The van der Waals surface area contributed by atoms with Crippen LogP contribution >= 0.6 is 15.9 Å². The molecule has 1 aromatic carbocycles. The van der Waals surface area contributed by atoms with Gasteiger partial charge in [0.15, 0.2) is 0 Å². The summed E-state index contributed by atoms with van der Waals surface area (Å²) >= 11 is 2.97. The molecule has 0 heterocycles. The van der Waals surface area contributed by atoms with Crippen LogP contribution in [0.15, 0.2) is 22.7 Å². The highest BCUT2D eigenvalue weighted by atomic mass is 79.9. The second-order valence-electron chi connectivity index (χ2n) is 3.96. The molecule has 82 valence electrons. The van der Waals surface area contributed by atoms with Gasteiger partial charge in [0, 0.05) is 4.47 Å². The zero-order valence-corrected chi connectivity index (χ0v) is 9.53. The zero-order valence-electron chi connectivity index (χ0n) is 7.94. The van der Waals surface area contributed by atoms with Crippen LogP contribution in [-0.4, -0.2) is 0 Å². The molecule has 2 rings (SSSR count). The van der Waals surface area contributed by atoms with Crippen LogP contribution in [0.4, 0.5) is 13.2 Å². The smallest absolute Gasteiger partial charge is 0.166 e. The second kappa shape index (κ2) is 3.81. The van der Waals surface area contributed by atoms with Crippen LogP contribution in [0.2, 0.25) is 0 Å². The molecule has 0 aromatic heterocycles. The van der Waals surface area contributed by atoms with Crippen molar-refractivity contribution in [3.63, 3.8) is 0 Å². The van der Waals surface area contributed by atoms with Gasteiger partial charge in [0.05, 0.1) is 5.56 Å². The highest BCUT2D eigenvalue weighted by Crippen LogP contribution is 2.37. The molecule has 0 amide bonds. The van der Waals surface area contributed by atoms with E-state index in [-0.39, 0.29) is 4.47 Å². The number of benzene rings is 1. The summed E-state index contributed by atoms with van der Waals surface area (Å²) in [6.45, 7) is 0. The van der Waals surface area contributed by atoms with E-state index in [0.29, 0.717) is 5.92 Å². The summed E-state index contributed by atoms with van der Waals surface area (Å²) in [5, 5.41) is 0. The molecular formula is C11H10BrF3. The summed E-state index contributed by atoms with van der Waals surface area (Å²) in [4.78, 5) is 0. The third-order valence-electron chi connectivity index (χ3n) is 2.56. The van der Waals surface area contributed by atoms with Crippen molar-refractivity contribution in [1.29, 1.82) is 0 Å². The maximum atomic E-state index is 12.4. The molecule has 4 heteroatoms. The molecule has 0 saturated heterocycles. The van der Waals surface area contributed by atoms with Gasteiger partial charge in [0.25, 0.3) is 0 Å². The van der Waals surface area contributed by atoms with Crippen molar-refractivity contribution in [3.8, 4) is 0 Å². The van der Waals surface area contributed by atoms with E-state index in [1.54, 1.807) is 12.1 Å². The quantitative estimate of drug-likeness (QED) is 0.751. The third kappa shape index (κ3) is 2.74. The molecule has 0 radical (unpaired) electrons. The molecule has 0 N–H and O–H groups in total. The van der Waals surface area contributed by atoms with E-state index in [1.165, 1.54) is 12.8 Å². The first-order chi connectivity index (χ1) is 6.97. The predicted octanol–water partition coefficient (Wildman–Crippen LogP) is 4.42. The van der Waals surface area contributed by atoms with E-state index in [0.717, 1.165) is 18.1 Å². The van der Waals surface area contributed by atoms with Gasteiger partial charge in [-0.25, -0.2) is 0 Å². The number of hydrogen-bond acceptors (Lipinski definition) is 0. The molecular weight excluding hydrogens is 269 g/mol. The van der Waals surface area contributed by atoms with Gasteiger partial charge in [-0.2, -0.15) is 13.2 Å². The Bertz CT molecular complexity index is 367. The molecule has 0 atom stereocenters. The summed E-state index contributed by atoms with van der Waals surface area (Å²) in [6.07, 6.45) is -0.953. The zero-order chi connectivity index (χ0) is 11.1. The van der Waals surface area contributed by atoms with Crippen molar-refractivity contribution in [1.82, 2.24) is 0 Å². The van der Waals surface area contributed by atoms with E-state index in [2.05, 4.69) is 15.9 Å². The Morgan fingerprint density at radius 2 is 1.93 bits per heavy atom. The van der Waals surface area contributed by atoms with Crippen molar-refractivity contribution < 1.29 is 13.2 Å². The summed E-state index contributed by atoms with van der Waals surface area (Å²) in [6, 6.07) is 4.31. The lowest BCUT2D eigenvalue weighted by Gasteiger charge is -2.10. The first-order valence-corrected chi connectivity index (χ1v) is 5.62. The molecule has 0 bridgehead atoms. The van der Waals surface area contributed by atoms with Gasteiger partial charge >= 0.3 is 6.18 Å². The Labute approximate surface area is 94.6 Å². The van der Waals surface area contributed by atoms with Gasteiger partial charge in [-0.1, -0.05) is 22.0 Å². The van der Waals surface area contributed by atoms with E-state index in [9.17, 15) is 13.2 Å². The Kier molecular flexibility index (Phi) is 2.79. The molecule has 1 aromatic rings. The average Bonchev–Trinajstić information content (AvgIpc) is 2.85. The Hall–Kier alpha value is -0.510. The lowest BCUT2D eigenvalue weighted by Crippen LogP contribution is -2.06. The molecule has 15 heavy (non-hydrogen) atoms. The molecule has 0 aliphatic heterocycles. The van der Waals surface area contributed by atoms with Crippen molar-refractivity contribution in [2.45, 2.75) is 25.4 Å². The van der Waals surface area contributed by atoms with E-state index >= 15 is 0 Å². The fourth-order valence-electron chi connectivity index (χ4n) is 1.57. The lowest BCUT2D eigenvalue weighted by atomic mass is 10.1. The summed E-state index contributed by atoms with van der Waals surface area (Å²) in [5.41, 5.74) is 0.388. The second-order valence-corrected chi connectivity index (χ2v) is 4.81. The van der Waals surface area contributed by atoms with Crippen molar-refractivity contribution in [2.24, 2.45) is 5.92 Å². The Morgan fingerprint density at radius 3 is 2.40 bits per heavy atom. The van der Waals surface area contributed by atoms with Gasteiger partial charge in [-0.05, 0) is 42.9 Å². The number of halogens is 4. The highest BCUT2D eigenvalue weighted by Gasteiger charge is 2.33. The Morgan fingerprint density at radius 1 is 1.27 bits per heavy atom. The minimum atomic E-state index is -4.27. The first-order valence-electron chi connectivity index (χ1n) is 4.82. The monoisotopic (exact) mass is 278 g/mol. The molecule has 0 spiro atoms. The normalized spacial score (nSPS) is 16.8. The lowest BCUT2D eigenvalue weighted by molar-refractivity contribution is -0.138. The summed E-state index contributed by atoms with van der Waals surface area (Å²) < 4.78 is 37.4. The minimum absolute atomic E-state index is 0.146. The SMILES string of the molecule is FC(F)(F)c1ccc(CC2CC2)cc1Br. The van der Waals surface area contributed by atoms with Crippen molar-refractivity contribution in [3.05, 3.63) is 33.8 Å². The van der Waals surface area contributed by atoms with E-state index < -0.39 is 11.7 Å². The van der Waals surface area contributed by atoms with Crippen LogP contribution in [0, 0.1) is 5.92 Å². The van der Waals surface area contributed by atoms with Crippen molar-refractivity contribution in [2.75, 3.05) is 0 Å². The maximum Gasteiger partial charge on any atom is 0.417 e. The molecule has 0 unspecified atom stereocenters.